The molecule has 2 aliphatic carbocycles. The van der Waals surface area contributed by atoms with Crippen molar-refractivity contribution in [1.29, 1.82) is 0 Å². The third-order valence-electron chi connectivity index (χ3n) is 8.01. The van der Waals surface area contributed by atoms with E-state index in [-0.39, 0.29) is 30.8 Å². The zero-order valence-electron chi connectivity index (χ0n) is 21.1. The molecule has 1 fully saturated rings. The lowest BCUT2D eigenvalue weighted by Crippen LogP contribution is -2.30. The fourth-order valence-electron chi connectivity index (χ4n) is 5.70. The molecule has 7 atom stereocenters. The Kier molecular flexibility index (Phi) is 10.0. The molecule has 5 heteroatoms. The topological polar surface area (TPSA) is 79.2 Å². The molecular weight excluding hydrogens is 416 g/mol. The average molecular weight is 463 g/mol. The molecule has 0 heterocycles. The quantitative estimate of drug-likeness (QED) is 0.288. The van der Waals surface area contributed by atoms with Crippen molar-refractivity contribution in [3.8, 4) is 5.75 Å². The second kappa shape index (κ2) is 12.5. The van der Waals surface area contributed by atoms with Crippen LogP contribution in [0.1, 0.15) is 83.8 Å². The van der Waals surface area contributed by atoms with E-state index in [1.165, 1.54) is 24.0 Å². The number of aliphatic hydroxyl groups excluding tert-OH is 3. The molecule has 2 aliphatic rings. The molecule has 188 valence electrons. The van der Waals surface area contributed by atoms with Crippen LogP contribution in [0.25, 0.3) is 0 Å². The molecule has 0 aromatic heterocycles. The van der Waals surface area contributed by atoms with E-state index in [4.69, 9.17) is 9.47 Å². The Labute approximate surface area is 200 Å². The van der Waals surface area contributed by atoms with Crippen molar-refractivity contribution in [2.24, 2.45) is 23.7 Å². The van der Waals surface area contributed by atoms with E-state index < -0.39 is 6.29 Å². The fraction of sp³-hybridized carbons (Fsp3) is 0.786. The molecule has 1 aromatic carbocycles. The first-order valence-electron chi connectivity index (χ1n) is 13.2. The molecule has 0 amide bonds. The molecule has 1 saturated carbocycles. The lowest BCUT2D eigenvalue weighted by molar-refractivity contribution is -0.156. The van der Waals surface area contributed by atoms with Gasteiger partial charge in [0.25, 0.3) is 0 Å². The Balaban J connectivity index is 1.58. The van der Waals surface area contributed by atoms with Gasteiger partial charge in [-0.05, 0) is 86.3 Å². The van der Waals surface area contributed by atoms with Crippen LogP contribution in [0.15, 0.2) is 18.2 Å². The highest BCUT2D eigenvalue weighted by molar-refractivity contribution is 5.43. The highest BCUT2D eigenvalue weighted by Crippen LogP contribution is 2.48. The number of rotatable bonds is 13. The number of hydrogen-bond donors (Lipinski definition) is 3. The Hall–Kier alpha value is -1.14. The smallest absolute Gasteiger partial charge is 0.189 e. The van der Waals surface area contributed by atoms with Crippen molar-refractivity contribution in [3.05, 3.63) is 29.3 Å². The molecule has 2 unspecified atom stereocenters. The second-order valence-corrected chi connectivity index (χ2v) is 10.8. The molecule has 0 bridgehead atoms. The number of unbranched alkanes of at least 4 members (excludes halogenated alkanes) is 2. The van der Waals surface area contributed by atoms with Crippen molar-refractivity contribution < 1.29 is 24.8 Å². The van der Waals surface area contributed by atoms with Gasteiger partial charge in [0.05, 0.1) is 18.3 Å². The molecule has 3 N–H and O–H groups in total. The molecule has 1 aromatic rings. The van der Waals surface area contributed by atoms with E-state index in [1.807, 2.05) is 19.1 Å². The van der Waals surface area contributed by atoms with E-state index in [1.54, 1.807) is 0 Å². The van der Waals surface area contributed by atoms with Crippen LogP contribution in [0.2, 0.25) is 0 Å². The third-order valence-corrected chi connectivity index (χ3v) is 8.01. The van der Waals surface area contributed by atoms with Crippen molar-refractivity contribution in [3.63, 3.8) is 0 Å². The van der Waals surface area contributed by atoms with E-state index in [0.29, 0.717) is 17.8 Å². The van der Waals surface area contributed by atoms with Gasteiger partial charge in [-0.1, -0.05) is 52.2 Å². The van der Waals surface area contributed by atoms with Crippen molar-refractivity contribution in [2.45, 2.75) is 110 Å². The summed E-state index contributed by atoms with van der Waals surface area (Å²) in [5.74, 6) is 2.34. The van der Waals surface area contributed by atoms with Gasteiger partial charge in [0.1, 0.15) is 12.4 Å². The highest BCUT2D eigenvalue weighted by Gasteiger charge is 2.44. The van der Waals surface area contributed by atoms with E-state index in [0.717, 1.165) is 50.7 Å². The van der Waals surface area contributed by atoms with Crippen LogP contribution in [-0.4, -0.2) is 46.5 Å². The van der Waals surface area contributed by atoms with Crippen LogP contribution in [0.5, 0.6) is 5.75 Å². The summed E-state index contributed by atoms with van der Waals surface area (Å²) in [6.07, 6.45) is 7.18. The van der Waals surface area contributed by atoms with Gasteiger partial charge in [0.15, 0.2) is 6.29 Å². The summed E-state index contributed by atoms with van der Waals surface area (Å²) in [4.78, 5) is 0. The highest BCUT2D eigenvalue weighted by atomic mass is 16.6. The summed E-state index contributed by atoms with van der Waals surface area (Å²) in [7, 11) is 0. The number of ether oxygens (including phenoxy) is 2. The van der Waals surface area contributed by atoms with Gasteiger partial charge in [-0.25, -0.2) is 0 Å². The molecule has 0 radical (unpaired) electrons. The largest absolute Gasteiger partial charge is 0.488 e. The van der Waals surface area contributed by atoms with Crippen LogP contribution < -0.4 is 4.74 Å². The maximum absolute atomic E-state index is 10.8. The number of aliphatic hydroxyl groups is 3. The Morgan fingerprint density at radius 1 is 1.06 bits per heavy atom. The van der Waals surface area contributed by atoms with Crippen LogP contribution in [0, 0.1) is 23.7 Å². The van der Waals surface area contributed by atoms with Gasteiger partial charge in [0, 0.05) is 0 Å². The normalized spacial score (nSPS) is 27.2. The van der Waals surface area contributed by atoms with Crippen molar-refractivity contribution in [1.82, 2.24) is 0 Å². The fourth-order valence-corrected chi connectivity index (χ4v) is 5.70. The van der Waals surface area contributed by atoms with E-state index >= 15 is 0 Å². The number of benzene rings is 1. The number of fused-ring (bicyclic) bond motifs is 2. The molecule has 0 aliphatic heterocycles. The standard InChI is InChI=1S/C28H46O5/c1-5-6-7-10-22(29)12-13-23-24-14-20-9-8-11-27(25(20)15-21(24)16-26(23)30)32-17-28(31)33-19(4)18(2)3/h8-9,11,18-19,21-24,26,28-31H,5-7,10,12-17H2,1-4H3/t19?,21-,22-,23+,24-,26+,28?/m0/s1. The maximum atomic E-state index is 10.8. The maximum Gasteiger partial charge on any atom is 0.189 e. The van der Waals surface area contributed by atoms with Gasteiger partial charge in [-0.15, -0.1) is 0 Å². The monoisotopic (exact) mass is 462 g/mol. The Morgan fingerprint density at radius 2 is 1.85 bits per heavy atom. The molecule has 0 spiro atoms. The first-order valence-corrected chi connectivity index (χ1v) is 13.2. The minimum Gasteiger partial charge on any atom is -0.488 e. The van der Waals surface area contributed by atoms with Crippen LogP contribution in [-0.2, 0) is 17.6 Å². The van der Waals surface area contributed by atoms with E-state index in [2.05, 4.69) is 26.8 Å². The van der Waals surface area contributed by atoms with Gasteiger partial charge in [-0.3, -0.25) is 0 Å². The predicted octanol–water partition coefficient (Wildman–Crippen LogP) is 4.88. The van der Waals surface area contributed by atoms with Crippen LogP contribution >= 0.6 is 0 Å². The molecular formula is C28H46O5. The van der Waals surface area contributed by atoms with E-state index in [9.17, 15) is 15.3 Å². The van der Waals surface area contributed by atoms with Gasteiger partial charge >= 0.3 is 0 Å². The van der Waals surface area contributed by atoms with Crippen molar-refractivity contribution >= 4 is 0 Å². The van der Waals surface area contributed by atoms with Crippen molar-refractivity contribution in [2.75, 3.05) is 6.61 Å². The summed E-state index contributed by atoms with van der Waals surface area (Å²) in [6.45, 7) is 8.40. The minimum atomic E-state index is -0.948. The summed E-state index contributed by atoms with van der Waals surface area (Å²) < 4.78 is 11.6. The molecule has 5 nitrogen and oxygen atoms in total. The summed E-state index contributed by atoms with van der Waals surface area (Å²) in [5, 5.41) is 31.4. The van der Waals surface area contributed by atoms with Gasteiger partial charge in [0.2, 0.25) is 0 Å². The third kappa shape index (κ3) is 7.17. The minimum absolute atomic E-state index is 0.0314. The first-order chi connectivity index (χ1) is 15.8. The Bertz CT molecular complexity index is 720. The van der Waals surface area contributed by atoms with Crippen LogP contribution in [0.4, 0.5) is 0 Å². The average Bonchev–Trinajstić information content (AvgIpc) is 3.08. The molecule has 0 saturated heterocycles. The summed E-state index contributed by atoms with van der Waals surface area (Å²) in [6, 6.07) is 6.18. The SMILES string of the molecule is CCCCC[C@H](O)CC[C@@H]1[C@H]2Cc3cccc(OCC(O)OC(C)C(C)C)c3C[C@H]2C[C@H]1O. The second-order valence-electron chi connectivity index (χ2n) is 10.8. The zero-order valence-corrected chi connectivity index (χ0v) is 21.1. The van der Waals surface area contributed by atoms with Gasteiger partial charge < -0.3 is 24.8 Å². The summed E-state index contributed by atoms with van der Waals surface area (Å²) in [5.41, 5.74) is 2.51. The lowest BCUT2D eigenvalue weighted by Gasteiger charge is -2.32. The summed E-state index contributed by atoms with van der Waals surface area (Å²) >= 11 is 0. The molecule has 3 rings (SSSR count). The molecule has 33 heavy (non-hydrogen) atoms. The zero-order chi connectivity index (χ0) is 24.0. The van der Waals surface area contributed by atoms with Gasteiger partial charge in [-0.2, -0.15) is 0 Å². The number of hydrogen-bond acceptors (Lipinski definition) is 5. The lowest BCUT2D eigenvalue weighted by atomic mass is 9.73. The first kappa shape index (κ1) is 26.5. The van der Waals surface area contributed by atoms with Crippen LogP contribution in [0.3, 0.4) is 0 Å². The Morgan fingerprint density at radius 3 is 2.58 bits per heavy atom. The predicted molar refractivity (Wildman–Crippen MR) is 131 cm³/mol.